The third-order valence-electron chi connectivity index (χ3n) is 4.96. The summed E-state index contributed by atoms with van der Waals surface area (Å²) in [7, 11) is 1.62. The molecule has 7 nitrogen and oxygen atoms in total. The van der Waals surface area contributed by atoms with Crippen molar-refractivity contribution in [3.05, 3.63) is 83.8 Å². The van der Waals surface area contributed by atoms with Gasteiger partial charge in [-0.15, -0.1) is 10.2 Å². The predicted octanol–water partition coefficient (Wildman–Crippen LogP) is 4.31. The van der Waals surface area contributed by atoms with Gasteiger partial charge in [-0.2, -0.15) is 0 Å². The summed E-state index contributed by atoms with van der Waals surface area (Å²) >= 11 is 1.36. The molecule has 0 saturated carbocycles. The van der Waals surface area contributed by atoms with Gasteiger partial charge in [-0.3, -0.25) is 9.36 Å². The number of carbonyl (C=O) groups excluding carboxylic acids is 1. The van der Waals surface area contributed by atoms with Crippen molar-refractivity contribution in [1.82, 2.24) is 20.1 Å². The second-order valence-electron chi connectivity index (χ2n) is 7.19. The molecule has 2 aromatic heterocycles. The third kappa shape index (κ3) is 5.20. The number of nitrogens with zero attached hydrogens (tertiary/aromatic N) is 3. The van der Waals surface area contributed by atoms with Crippen molar-refractivity contribution in [3.63, 3.8) is 0 Å². The Morgan fingerprint density at radius 2 is 1.91 bits per heavy atom. The molecular weight excluding hydrogens is 424 g/mol. The monoisotopic (exact) mass is 448 g/mol. The molecule has 0 unspecified atom stereocenters. The smallest absolute Gasteiger partial charge is 0.230 e. The molecule has 0 atom stereocenters. The maximum Gasteiger partial charge on any atom is 0.230 e. The fourth-order valence-electron chi connectivity index (χ4n) is 3.28. The summed E-state index contributed by atoms with van der Waals surface area (Å²) in [6.45, 7) is 2.93. The minimum atomic E-state index is -0.0758. The maximum atomic E-state index is 12.5. The normalized spacial score (nSPS) is 10.8. The minimum Gasteiger partial charge on any atom is -0.497 e. The minimum absolute atomic E-state index is 0.0758. The number of carbonyl (C=O) groups is 1. The topological polar surface area (TPSA) is 82.2 Å². The highest BCUT2D eigenvalue weighted by Crippen LogP contribution is 2.28. The molecule has 0 radical (unpaired) electrons. The molecule has 0 aliphatic heterocycles. The summed E-state index contributed by atoms with van der Waals surface area (Å²) in [4.78, 5) is 12.5. The van der Waals surface area contributed by atoms with E-state index in [9.17, 15) is 4.79 Å². The average Bonchev–Trinajstić information content (AvgIpc) is 3.42. The molecule has 164 valence electrons. The molecule has 2 aromatic carbocycles. The number of hydrogen-bond donors (Lipinski definition) is 1. The lowest BCUT2D eigenvalue weighted by molar-refractivity contribution is -0.118. The summed E-state index contributed by atoms with van der Waals surface area (Å²) < 4.78 is 12.7. The van der Waals surface area contributed by atoms with Crippen LogP contribution in [0.4, 0.5) is 0 Å². The first-order valence-corrected chi connectivity index (χ1v) is 11.2. The highest BCUT2D eigenvalue weighted by Gasteiger charge is 2.18. The van der Waals surface area contributed by atoms with E-state index in [1.165, 1.54) is 11.8 Å². The van der Waals surface area contributed by atoms with Crippen LogP contribution in [0.3, 0.4) is 0 Å². The Labute approximate surface area is 190 Å². The van der Waals surface area contributed by atoms with Crippen LogP contribution < -0.4 is 10.1 Å². The van der Waals surface area contributed by atoms with E-state index in [2.05, 4.69) is 27.6 Å². The number of aromatic nitrogens is 3. The van der Waals surface area contributed by atoms with Gasteiger partial charge in [-0.1, -0.05) is 54.2 Å². The number of nitrogens with one attached hydrogen (secondary N) is 1. The standard InChI is InChI=1S/C24H24N4O3S/c1-17-21(11-12-31-17)23-26-27-24(28(23)15-18-7-4-3-5-8-18)32-16-22(29)25-14-19-9-6-10-20(13-19)30-2/h3-13H,14-16H2,1-2H3,(H,25,29). The lowest BCUT2D eigenvalue weighted by atomic mass is 10.2. The molecular formula is C24H24N4O3S. The van der Waals surface area contributed by atoms with Gasteiger partial charge in [0.1, 0.15) is 11.5 Å². The summed E-state index contributed by atoms with van der Waals surface area (Å²) in [6.07, 6.45) is 1.64. The van der Waals surface area contributed by atoms with E-state index in [0.717, 1.165) is 34.0 Å². The molecule has 0 spiro atoms. The van der Waals surface area contributed by atoms with E-state index < -0.39 is 0 Å². The Morgan fingerprint density at radius 3 is 2.66 bits per heavy atom. The van der Waals surface area contributed by atoms with Crippen LogP contribution in [-0.4, -0.2) is 33.5 Å². The second-order valence-corrected chi connectivity index (χ2v) is 8.13. The quantitative estimate of drug-likeness (QED) is 0.384. The number of rotatable bonds is 9. The number of ether oxygens (including phenoxy) is 1. The van der Waals surface area contributed by atoms with Crippen molar-refractivity contribution in [2.45, 2.75) is 25.2 Å². The number of amides is 1. The van der Waals surface area contributed by atoms with Crippen molar-refractivity contribution < 1.29 is 13.9 Å². The van der Waals surface area contributed by atoms with Gasteiger partial charge in [0.15, 0.2) is 11.0 Å². The number of furan rings is 1. The largest absolute Gasteiger partial charge is 0.497 e. The molecule has 2 heterocycles. The van der Waals surface area contributed by atoms with Crippen LogP contribution in [0.5, 0.6) is 5.75 Å². The van der Waals surface area contributed by atoms with Crippen molar-refractivity contribution in [2.75, 3.05) is 12.9 Å². The van der Waals surface area contributed by atoms with E-state index in [4.69, 9.17) is 9.15 Å². The SMILES string of the molecule is COc1cccc(CNC(=O)CSc2nnc(-c3ccoc3C)n2Cc2ccccc2)c1. The van der Waals surface area contributed by atoms with Crippen LogP contribution in [0.1, 0.15) is 16.9 Å². The summed E-state index contributed by atoms with van der Waals surface area (Å²) in [6, 6.07) is 19.6. The Bertz CT molecular complexity index is 1190. The van der Waals surface area contributed by atoms with Crippen LogP contribution in [0.2, 0.25) is 0 Å². The van der Waals surface area contributed by atoms with Crippen molar-refractivity contribution in [3.8, 4) is 17.1 Å². The zero-order valence-electron chi connectivity index (χ0n) is 17.9. The van der Waals surface area contributed by atoms with Gasteiger partial charge >= 0.3 is 0 Å². The number of thioether (sulfide) groups is 1. The molecule has 0 aliphatic carbocycles. The van der Waals surface area contributed by atoms with E-state index in [1.807, 2.05) is 60.0 Å². The van der Waals surface area contributed by atoms with Crippen LogP contribution in [0.25, 0.3) is 11.4 Å². The number of hydrogen-bond acceptors (Lipinski definition) is 6. The van der Waals surface area contributed by atoms with Gasteiger partial charge in [0.05, 0.1) is 31.2 Å². The van der Waals surface area contributed by atoms with Crippen molar-refractivity contribution >= 4 is 17.7 Å². The molecule has 0 fully saturated rings. The molecule has 0 saturated heterocycles. The highest BCUT2D eigenvalue weighted by atomic mass is 32.2. The average molecular weight is 449 g/mol. The molecule has 0 bridgehead atoms. The fraction of sp³-hybridized carbons (Fsp3) is 0.208. The van der Waals surface area contributed by atoms with E-state index >= 15 is 0 Å². The van der Waals surface area contributed by atoms with E-state index in [0.29, 0.717) is 18.2 Å². The van der Waals surface area contributed by atoms with E-state index in [-0.39, 0.29) is 11.7 Å². The van der Waals surface area contributed by atoms with Gasteiger partial charge in [0, 0.05) is 6.54 Å². The Hall–Kier alpha value is -3.52. The van der Waals surface area contributed by atoms with Gasteiger partial charge < -0.3 is 14.5 Å². The first-order chi connectivity index (χ1) is 15.6. The molecule has 1 N–H and O–H groups in total. The summed E-state index contributed by atoms with van der Waals surface area (Å²) in [5.74, 6) is 2.43. The van der Waals surface area contributed by atoms with Gasteiger partial charge in [0.2, 0.25) is 5.91 Å². The first kappa shape index (κ1) is 21.7. The van der Waals surface area contributed by atoms with Gasteiger partial charge in [-0.05, 0) is 36.2 Å². The molecule has 4 rings (SSSR count). The van der Waals surface area contributed by atoms with Crippen LogP contribution in [-0.2, 0) is 17.9 Å². The Kier molecular flexibility index (Phi) is 6.91. The zero-order valence-corrected chi connectivity index (χ0v) is 18.8. The van der Waals surface area contributed by atoms with E-state index in [1.54, 1.807) is 13.4 Å². The van der Waals surface area contributed by atoms with Crippen LogP contribution in [0.15, 0.2) is 76.5 Å². The molecule has 32 heavy (non-hydrogen) atoms. The van der Waals surface area contributed by atoms with Crippen LogP contribution in [0, 0.1) is 6.92 Å². The van der Waals surface area contributed by atoms with Gasteiger partial charge in [-0.25, -0.2) is 0 Å². The Morgan fingerprint density at radius 1 is 1.09 bits per heavy atom. The van der Waals surface area contributed by atoms with Gasteiger partial charge in [0.25, 0.3) is 0 Å². The highest BCUT2D eigenvalue weighted by molar-refractivity contribution is 7.99. The Balaban J connectivity index is 1.46. The zero-order chi connectivity index (χ0) is 22.3. The van der Waals surface area contributed by atoms with Crippen molar-refractivity contribution in [2.24, 2.45) is 0 Å². The maximum absolute atomic E-state index is 12.5. The molecule has 8 heteroatoms. The molecule has 4 aromatic rings. The molecule has 1 amide bonds. The van der Waals surface area contributed by atoms with Crippen LogP contribution >= 0.6 is 11.8 Å². The predicted molar refractivity (Wildman–Crippen MR) is 124 cm³/mol. The summed E-state index contributed by atoms with van der Waals surface area (Å²) in [5.41, 5.74) is 2.99. The lowest BCUT2D eigenvalue weighted by Crippen LogP contribution is -2.24. The number of methoxy groups -OCH3 is 1. The number of aryl methyl sites for hydroxylation is 1. The fourth-order valence-corrected chi connectivity index (χ4v) is 4.05. The number of benzene rings is 2. The van der Waals surface area contributed by atoms with Crippen molar-refractivity contribution in [1.29, 1.82) is 0 Å². The summed E-state index contributed by atoms with van der Waals surface area (Å²) in [5, 5.41) is 12.4. The first-order valence-electron chi connectivity index (χ1n) is 10.2. The molecule has 0 aliphatic rings. The lowest BCUT2D eigenvalue weighted by Gasteiger charge is -2.10. The second kappa shape index (κ2) is 10.2. The third-order valence-corrected chi connectivity index (χ3v) is 5.92.